The highest BCUT2D eigenvalue weighted by Crippen LogP contribution is 2.26. The van der Waals surface area contributed by atoms with E-state index >= 15 is 0 Å². The van der Waals surface area contributed by atoms with Crippen LogP contribution in [0.1, 0.15) is 19.4 Å². The zero-order valence-corrected chi connectivity index (χ0v) is 12.3. The Morgan fingerprint density at radius 2 is 1.64 bits per heavy atom. The second-order valence-corrected chi connectivity index (χ2v) is 5.72. The highest BCUT2D eigenvalue weighted by atomic mass is 19.2. The Morgan fingerprint density at radius 1 is 1.00 bits per heavy atom. The summed E-state index contributed by atoms with van der Waals surface area (Å²) < 4.78 is 39.7. The predicted molar refractivity (Wildman–Crippen MR) is 78.9 cm³/mol. The lowest BCUT2D eigenvalue weighted by molar-refractivity contribution is -0.123. The van der Waals surface area contributed by atoms with Crippen molar-refractivity contribution in [3.05, 3.63) is 65.5 Å². The monoisotopic (exact) mass is 307 g/mol. The van der Waals surface area contributed by atoms with Crippen molar-refractivity contribution in [3.63, 3.8) is 0 Å². The van der Waals surface area contributed by atoms with E-state index in [4.69, 9.17) is 0 Å². The predicted octanol–water partition coefficient (Wildman–Crippen LogP) is 4.31. The minimum atomic E-state index is -1.60. The summed E-state index contributed by atoms with van der Waals surface area (Å²) in [6.45, 7) is 3.40. The standard InChI is InChI=1S/C17H16F3NO/c1-17(2,10-11-6-4-3-5-7-11)16(22)21-13-9-8-12(18)14(19)15(13)20/h3-9H,10H2,1-2H3,(H,21,22). The van der Waals surface area contributed by atoms with Crippen LogP contribution in [0.3, 0.4) is 0 Å². The third-order valence-electron chi connectivity index (χ3n) is 3.39. The van der Waals surface area contributed by atoms with Crippen LogP contribution < -0.4 is 5.32 Å². The van der Waals surface area contributed by atoms with Crippen LogP contribution in [0.2, 0.25) is 0 Å². The minimum absolute atomic E-state index is 0.370. The summed E-state index contributed by atoms with van der Waals surface area (Å²) in [6.07, 6.45) is 0.435. The van der Waals surface area contributed by atoms with Gasteiger partial charge >= 0.3 is 0 Å². The molecule has 22 heavy (non-hydrogen) atoms. The number of halogens is 3. The molecule has 0 saturated carbocycles. The Kier molecular flexibility index (Phi) is 4.54. The third kappa shape index (κ3) is 3.47. The summed E-state index contributed by atoms with van der Waals surface area (Å²) in [7, 11) is 0. The Hall–Kier alpha value is -2.30. The second-order valence-electron chi connectivity index (χ2n) is 5.72. The van der Waals surface area contributed by atoms with Crippen LogP contribution in [0.25, 0.3) is 0 Å². The van der Waals surface area contributed by atoms with E-state index in [0.717, 1.165) is 17.7 Å². The number of anilines is 1. The first-order valence-corrected chi connectivity index (χ1v) is 6.80. The molecule has 2 aromatic rings. The molecule has 5 heteroatoms. The van der Waals surface area contributed by atoms with E-state index in [2.05, 4.69) is 5.32 Å². The van der Waals surface area contributed by atoms with E-state index < -0.39 is 28.8 Å². The molecule has 0 heterocycles. The van der Waals surface area contributed by atoms with Gasteiger partial charge in [-0.05, 0) is 24.1 Å². The SMILES string of the molecule is CC(C)(Cc1ccccc1)C(=O)Nc1ccc(F)c(F)c1F. The van der Waals surface area contributed by atoms with Crippen molar-refractivity contribution < 1.29 is 18.0 Å². The Balaban J connectivity index is 2.16. The molecule has 0 atom stereocenters. The van der Waals surface area contributed by atoms with Crippen LogP contribution in [-0.4, -0.2) is 5.91 Å². The van der Waals surface area contributed by atoms with Gasteiger partial charge in [0.2, 0.25) is 5.91 Å². The van der Waals surface area contributed by atoms with Gasteiger partial charge in [0, 0.05) is 5.41 Å². The molecular weight excluding hydrogens is 291 g/mol. The molecule has 1 N–H and O–H groups in total. The lowest BCUT2D eigenvalue weighted by atomic mass is 9.84. The van der Waals surface area contributed by atoms with Crippen molar-refractivity contribution in [3.8, 4) is 0 Å². The summed E-state index contributed by atoms with van der Waals surface area (Å²) in [6, 6.07) is 11.1. The van der Waals surface area contributed by atoms with Gasteiger partial charge in [-0.2, -0.15) is 0 Å². The molecule has 0 aliphatic rings. The number of rotatable bonds is 4. The summed E-state index contributed by atoms with van der Waals surface area (Å²) in [5.41, 5.74) is -0.253. The minimum Gasteiger partial charge on any atom is -0.323 e. The number of amides is 1. The summed E-state index contributed by atoms with van der Waals surface area (Å²) in [4.78, 5) is 12.3. The van der Waals surface area contributed by atoms with Gasteiger partial charge in [0.1, 0.15) is 0 Å². The number of carbonyl (C=O) groups is 1. The highest BCUT2D eigenvalue weighted by molar-refractivity contribution is 5.95. The van der Waals surface area contributed by atoms with Gasteiger partial charge in [-0.3, -0.25) is 4.79 Å². The van der Waals surface area contributed by atoms with Crippen LogP contribution in [0, 0.1) is 22.9 Å². The van der Waals surface area contributed by atoms with Crippen molar-refractivity contribution in [2.75, 3.05) is 5.32 Å². The normalized spacial score (nSPS) is 11.3. The smallest absolute Gasteiger partial charge is 0.230 e. The largest absolute Gasteiger partial charge is 0.323 e. The molecule has 0 spiro atoms. The first-order valence-electron chi connectivity index (χ1n) is 6.80. The van der Waals surface area contributed by atoms with E-state index in [9.17, 15) is 18.0 Å². The number of benzene rings is 2. The van der Waals surface area contributed by atoms with Gasteiger partial charge in [-0.1, -0.05) is 44.2 Å². The average molecular weight is 307 g/mol. The molecule has 0 radical (unpaired) electrons. The first-order chi connectivity index (χ1) is 10.3. The molecule has 2 nitrogen and oxygen atoms in total. The van der Waals surface area contributed by atoms with Crippen LogP contribution in [0.15, 0.2) is 42.5 Å². The molecule has 0 aromatic heterocycles. The van der Waals surface area contributed by atoms with E-state index in [-0.39, 0.29) is 5.69 Å². The van der Waals surface area contributed by atoms with Gasteiger partial charge in [0.25, 0.3) is 0 Å². The molecule has 0 bridgehead atoms. The van der Waals surface area contributed by atoms with Crippen molar-refractivity contribution >= 4 is 11.6 Å². The summed E-state index contributed by atoms with van der Waals surface area (Å²) in [5, 5.41) is 2.32. The van der Waals surface area contributed by atoms with E-state index in [1.54, 1.807) is 13.8 Å². The van der Waals surface area contributed by atoms with Crippen molar-refractivity contribution in [2.24, 2.45) is 5.41 Å². The van der Waals surface area contributed by atoms with E-state index in [1.807, 2.05) is 30.3 Å². The van der Waals surface area contributed by atoms with Crippen molar-refractivity contribution in [2.45, 2.75) is 20.3 Å². The number of hydrogen-bond donors (Lipinski definition) is 1. The molecular formula is C17H16F3NO. The van der Waals surface area contributed by atoms with Gasteiger partial charge in [-0.15, -0.1) is 0 Å². The molecule has 0 aliphatic heterocycles. The van der Waals surface area contributed by atoms with Gasteiger partial charge in [0.15, 0.2) is 17.5 Å². The Labute approximate surface area is 127 Å². The summed E-state index contributed by atoms with van der Waals surface area (Å²) in [5.74, 6) is -4.76. The van der Waals surface area contributed by atoms with E-state index in [0.29, 0.717) is 6.42 Å². The zero-order valence-electron chi connectivity index (χ0n) is 12.3. The zero-order chi connectivity index (χ0) is 16.3. The fraction of sp³-hybridized carbons (Fsp3) is 0.235. The molecule has 2 aromatic carbocycles. The lowest BCUT2D eigenvalue weighted by Crippen LogP contribution is -2.33. The second kappa shape index (κ2) is 6.22. The van der Waals surface area contributed by atoms with Gasteiger partial charge in [-0.25, -0.2) is 13.2 Å². The van der Waals surface area contributed by atoms with Crippen molar-refractivity contribution in [1.29, 1.82) is 0 Å². The molecule has 0 saturated heterocycles. The fourth-order valence-electron chi connectivity index (χ4n) is 2.10. The lowest BCUT2D eigenvalue weighted by Gasteiger charge is -2.24. The Bertz CT molecular complexity index is 684. The third-order valence-corrected chi connectivity index (χ3v) is 3.39. The van der Waals surface area contributed by atoms with Gasteiger partial charge in [0.05, 0.1) is 5.69 Å². The molecule has 0 aliphatic carbocycles. The molecule has 0 fully saturated rings. The maximum Gasteiger partial charge on any atom is 0.230 e. The van der Waals surface area contributed by atoms with Crippen LogP contribution >= 0.6 is 0 Å². The maximum absolute atomic E-state index is 13.6. The first kappa shape index (κ1) is 16.1. The number of hydrogen-bond acceptors (Lipinski definition) is 1. The molecule has 1 amide bonds. The van der Waals surface area contributed by atoms with Crippen LogP contribution in [0.4, 0.5) is 18.9 Å². The molecule has 116 valence electrons. The fourth-order valence-corrected chi connectivity index (χ4v) is 2.10. The topological polar surface area (TPSA) is 29.1 Å². The van der Waals surface area contributed by atoms with Gasteiger partial charge < -0.3 is 5.32 Å². The molecule has 2 rings (SSSR count). The number of carbonyl (C=O) groups excluding carboxylic acids is 1. The quantitative estimate of drug-likeness (QED) is 0.838. The highest BCUT2D eigenvalue weighted by Gasteiger charge is 2.29. The maximum atomic E-state index is 13.6. The van der Waals surface area contributed by atoms with Crippen LogP contribution in [0.5, 0.6) is 0 Å². The summed E-state index contributed by atoms with van der Waals surface area (Å²) >= 11 is 0. The molecule has 0 unspecified atom stereocenters. The van der Waals surface area contributed by atoms with Crippen molar-refractivity contribution in [1.82, 2.24) is 0 Å². The average Bonchev–Trinajstić information content (AvgIpc) is 2.48. The number of nitrogens with one attached hydrogen (secondary N) is 1. The Morgan fingerprint density at radius 3 is 2.27 bits per heavy atom. The van der Waals surface area contributed by atoms with E-state index in [1.165, 1.54) is 0 Å². The van der Waals surface area contributed by atoms with Crippen LogP contribution in [-0.2, 0) is 11.2 Å².